The summed E-state index contributed by atoms with van der Waals surface area (Å²) in [6.07, 6.45) is 0.822. The summed E-state index contributed by atoms with van der Waals surface area (Å²) in [4.78, 5) is 11.2. The molecule has 0 bridgehead atoms. The standard InChI is InChI=1S/C10H12NO2/c1-2-7-13-10(12)8-3-5-9(11)6-4-8/h3-6,11H,2,7H2,1H3. The number of nitrogens with one attached hydrogen (secondary N) is 1. The molecule has 3 heteroatoms. The molecule has 0 saturated carbocycles. The monoisotopic (exact) mass is 178 g/mol. The van der Waals surface area contributed by atoms with Gasteiger partial charge in [0.05, 0.1) is 17.9 Å². The van der Waals surface area contributed by atoms with Gasteiger partial charge in [0.2, 0.25) is 0 Å². The van der Waals surface area contributed by atoms with Crippen LogP contribution in [0.2, 0.25) is 0 Å². The first kappa shape index (κ1) is 9.58. The molecular weight excluding hydrogens is 166 g/mol. The van der Waals surface area contributed by atoms with Crippen LogP contribution in [0.1, 0.15) is 23.7 Å². The van der Waals surface area contributed by atoms with Crippen molar-refractivity contribution in [3.63, 3.8) is 0 Å². The molecule has 0 aliphatic carbocycles. The van der Waals surface area contributed by atoms with Gasteiger partial charge in [-0.2, -0.15) is 0 Å². The fraction of sp³-hybridized carbons (Fsp3) is 0.300. The number of hydrogen-bond donors (Lipinski definition) is 0. The van der Waals surface area contributed by atoms with Crippen molar-refractivity contribution in [3.8, 4) is 0 Å². The van der Waals surface area contributed by atoms with Crippen LogP contribution in [0.4, 0.5) is 5.69 Å². The van der Waals surface area contributed by atoms with Gasteiger partial charge in [-0.3, -0.25) is 0 Å². The third kappa shape index (κ3) is 2.78. The molecule has 69 valence electrons. The van der Waals surface area contributed by atoms with Gasteiger partial charge in [0.1, 0.15) is 0 Å². The van der Waals surface area contributed by atoms with Crippen molar-refractivity contribution in [2.24, 2.45) is 0 Å². The summed E-state index contributed by atoms with van der Waals surface area (Å²) in [6, 6.07) is 6.34. The Kier molecular flexibility index (Phi) is 3.31. The van der Waals surface area contributed by atoms with Gasteiger partial charge in [0, 0.05) is 0 Å². The fourth-order valence-electron chi connectivity index (χ4n) is 0.884. The number of ether oxygens (including phenoxy) is 1. The van der Waals surface area contributed by atoms with Crippen molar-refractivity contribution in [2.75, 3.05) is 6.61 Å². The maximum atomic E-state index is 11.2. The Morgan fingerprint density at radius 2 is 2.00 bits per heavy atom. The first-order chi connectivity index (χ1) is 6.24. The molecule has 13 heavy (non-hydrogen) atoms. The summed E-state index contributed by atoms with van der Waals surface area (Å²) in [5, 5.41) is 0. The summed E-state index contributed by atoms with van der Waals surface area (Å²) >= 11 is 0. The minimum absolute atomic E-state index is 0.318. The van der Waals surface area contributed by atoms with Gasteiger partial charge in [-0.15, -0.1) is 0 Å². The van der Waals surface area contributed by atoms with Gasteiger partial charge in [-0.25, -0.2) is 4.79 Å². The molecular formula is C10H12NO2. The highest BCUT2D eigenvalue weighted by Crippen LogP contribution is 2.07. The van der Waals surface area contributed by atoms with Crippen molar-refractivity contribution >= 4 is 11.7 Å². The quantitative estimate of drug-likeness (QED) is 0.666. The Bertz CT molecular complexity index is 279. The van der Waals surface area contributed by atoms with Gasteiger partial charge in [0.25, 0.3) is 0 Å². The molecule has 0 unspecified atom stereocenters. The topological polar surface area (TPSA) is 50.1 Å². The Balaban J connectivity index is 2.61. The summed E-state index contributed by atoms with van der Waals surface area (Å²) in [5.74, 6) is -0.318. The number of esters is 1. The highest BCUT2D eigenvalue weighted by atomic mass is 16.5. The maximum Gasteiger partial charge on any atom is 0.338 e. The number of benzene rings is 1. The number of carbonyl (C=O) groups excluding carboxylic acids is 1. The molecule has 0 aliphatic heterocycles. The molecule has 0 amide bonds. The van der Waals surface area contributed by atoms with Crippen LogP contribution in [-0.4, -0.2) is 12.6 Å². The Morgan fingerprint density at radius 1 is 1.38 bits per heavy atom. The minimum Gasteiger partial charge on any atom is -0.462 e. The molecule has 1 N–H and O–H groups in total. The second-order valence-electron chi connectivity index (χ2n) is 2.71. The molecule has 1 aromatic carbocycles. The van der Waals surface area contributed by atoms with Crippen molar-refractivity contribution in [3.05, 3.63) is 29.8 Å². The van der Waals surface area contributed by atoms with E-state index in [0.29, 0.717) is 17.9 Å². The molecule has 1 rings (SSSR count). The summed E-state index contributed by atoms with van der Waals surface area (Å²) in [7, 11) is 0. The van der Waals surface area contributed by atoms with Crippen molar-refractivity contribution in [1.82, 2.24) is 5.73 Å². The molecule has 0 aliphatic rings. The molecule has 1 radical (unpaired) electrons. The van der Waals surface area contributed by atoms with Crippen LogP contribution in [-0.2, 0) is 4.74 Å². The molecule has 0 fully saturated rings. The second kappa shape index (κ2) is 4.50. The SMILES string of the molecule is CCCOC(=O)c1ccc([NH])cc1. The minimum atomic E-state index is -0.318. The molecule has 1 aromatic rings. The predicted octanol–water partition coefficient (Wildman–Crippen LogP) is 2.17. The van der Waals surface area contributed by atoms with Crippen LogP contribution in [0.15, 0.2) is 24.3 Å². The van der Waals surface area contributed by atoms with Gasteiger partial charge < -0.3 is 10.5 Å². The predicted molar refractivity (Wildman–Crippen MR) is 49.8 cm³/mol. The van der Waals surface area contributed by atoms with Crippen LogP contribution in [0.25, 0.3) is 0 Å². The van der Waals surface area contributed by atoms with Crippen LogP contribution < -0.4 is 5.73 Å². The van der Waals surface area contributed by atoms with E-state index in [2.05, 4.69) is 0 Å². The summed E-state index contributed by atoms with van der Waals surface area (Å²) < 4.78 is 4.92. The average molecular weight is 178 g/mol. The number of carbonyl (C=O) groups is 1. The van der Waals surface area contributed by atoms with Gasteiger partial charge in [-0.05, 0) is 30.7 Å². The lowest BCUT2D eigenvalue weighted by Gasteiger charge is -2.02. The van der Waals surface area contributed by atoms with Gasteiger partial charge in [0.15, 0.2) is 0 Å². The first-order valence-corrected chi connectivity index (χ1v) is 4.23. The van der Waals surface area contributed by atoms with Gasteiger partial charge in [-0.1, -0.05) is 6.92 Å². The second-order valence-corrected chi connectivity index (χ2v) is 2.71. The molecule has 0 aromatic heterocycles. The van der Waals surface area contributed by atoms with Crippen molar-refractivity contribution in [1.29, 1.82) is 0 Å². The molecule has 0 spiro atoms. The fourth-order valence-corrected chi connectivity index (χ4v) is 0.884. The van der Waals surface area contributed by atoms with Crippen LogP contribution in [0, 0.1) is 0 Å². The smallest absolute Gasteiger partial charge is 0.338 e. The summed E-state index contributed by atoms with van der Waals surface area (Å²) in [5.41, 5.74) is 8.12. The van der Waals surface area contributed by atoms with E-state index in [1.54, 1.807) is 24.3 Å². The zero-order valence-electron chi connectivity index (χ0n) is 7.54. The maximum absolute atomic E-state index is 11.2. The average Bonchev–Trinajstić information content (AvgIpc) is 2.15. The third-order valence-corrected chi connectivity index (χ3v) is 1.56. The normalized spacial score (nSPS) is 9.62. The highest BCUT2D eigenvalue weighted by molar-refractivity contribution is 5.89. The summed E-state index contributed by atoms with van der Waals surface area (Å²) in [6.45, 7) is 2.39. The van der Waals surface area contributed by atoms with E-state index in [0.717, 1.165) is 6.42 Å². The van der Waals surface area contributed by atoms with E-state index >= 15 is 0 Å². The largest absolute Gasteiger partial charge is 0.462 e. The van der Waals surface area contributed by atoms with Crippen molar-refractivity contribution < 1.29 is 9.53 Å². The Morgan fingerprint density at radius 3 is 2.54 bits per heavy atom. The van der Waals surface area contributed by atoms with Crippen molar-refractivity contribution in [2.45, 2.75) is 13.3 Å². The lowest BCUT2D eigenvalue weighted by Crippen LogP contribution is -2.05. The third-order valence-electron chi connectivity index (χ3n) is 1.56. The molecule has 3 nitrogen and oxygen atoms in total. The molecule has 0 atom stereocenters. The van der Waals surface area contributed by atoms with Crippen LogP contribution in [0.3, 0.4) is 0 Å². The van der Waals surface area contributed by atoms with E-state index in [9.17, 15) is 4.79 Å². The Labute approximate surface area is 77.5 Å². The number of rotatable bonds is 3. The van der Waals surface area contributed by atoms with E-state index < -0.39 is 0 Å². The van der Waals surface area contributed by atoms with Crippen LogP contribution >= 0.6 is 0 Å². The van der Waals surface area contributed by atoms with E-state index in [1.807, 2.05) is 6.92 Å². The number of hydrogen-bond acceptors (Lipinski definition) is 2. The lowest BCUT2D eigenvalue weighted by molar-refractivity contribution is 0.0505. The lowest BCUT2D eigenvalue weighted by atomic mass is 10.2. The van der Waals surface area contributed by atoms with Gasteiger partial charge >= 0.3 is 5.97 Å². The van der Waals surface area contributed by atoms with Crippen LogP contribution in [0.5, 0.6) is 0 Å². The highest BCUT2D eigenvalue weighted by Gasteiger charge is 2.04. The molecule has 0 saturated heterocycles. The zero-order chi connectivity index (χ0) is 9.68. The molecule has 0 heterocycles. The first-order valence-electron chi connectivity index (χ1n) is 4.23. The van der Waals surface area contributed by atoms with E-state index in [-0.39, 0.29) is 5.97 Å². The zero-order valence-corrected chi connectivity index (χ0v) is 7.54. The van der Waals surface area contributed by atoms with E-state index in [4.69, 9.17) is 10.5 Å². The Hall–Kier alpha value is -1.51. The van der Waals surface area contributed by atoms with E-state index in [1.165, 1.54) is 0 Å².